The second-order valence-corrected chi connectivity index (χ2v) is 8.35. The third-order valence-corrected chi connectivity index (χ3v) is 5.81. The minimum atomic E-state index is -0.306. The summed E-state index contributed by atoms with van der Waals surface area (Å²) in [6.07, 6.45) is 6.11. The van der Waals surface area contributed by atoms with Crippen molar-refractivity contribution in [2.45, 2.75) is 71.2 Å². The Labute approximate surface area is 160 Å². The molecule has 1 unspecified atom stereocenters. The highest BCUT2D eigenvalue weighted by Gasteiger charge is 2.23. The summed E-state index contributed by atoms with van der Waals surface area (Å²) in [4.78, 5) is 7.18. The van der Waals surface area contributed by atoms with Crippen LogP contribution in [0.25, 0.3) is 0 Å². The average molecular weight is 375 g/mol. The lowest BCUT2D eigenvalue weighted by Crippen LogP contribution is -2.40. The number of hydrogen-bond acceptors (Lipinski definition) is 5. The number of rotatable bonds is 8. The molecule has 3 rings (SSSR count). The minimum Gasteiger partial charge on any atom is -0.486 e. The maximum Gasteiger partial charge on any atom is 0.140 e. The maximum absolute atomic E-state index is 9.89. The van der Waals surface area contributed by atoms with E-state index >= 15 is 0 Å². The van der Waals surface area contributed by atoms with Gasteiger partial charge in [-0.3, -0.25) is 4.90 Å². The predicted octanol–water partition coefficient (Wildman–Crippen LogP) is 4.55. The highest BCUT2D eigenvalue weighted by Crippen LogP contribution is 2.25. The minimum absolute atomic E-state index is 0.306. The molecule has 0 spiro atoms. The number of ether oxygens (including phenoxy) is 1. The zero-order valence-electron chi connectivity index (χ0n) is 15.9. The molecule has 0 amide bonds. The standard InChI is InChI=1S/C21H30N2O2S/c1-16-8-10-20(11-9-16)25-14-21-22-18(15-26-21)13-23(12-17(2)24)19-6-4-3-5-7-19/h8-11,15,17,19,24H,3-7,12-14H2,1-2H3. The van der Waals surface area contributed by atoms with Gasteiger partial charge in [0.2, 0.25) is 0 Å². The fourth-order valence-electron chi connectivity index (χ4n) is 3.60. The molecule has 142 valence electrons. The molecule has 0 aliphatic heterocycles. The molecule has 1 N–H and O–H groups in total. The number of thiazole rings is 1. The second kappa shape index (κ2) is 9.49. The van der Waals surface area contributed by atoms with Gasteiger partial charge in [-0.05, 0) is 38.8 Å². The van der Waals surface area contributed by atoms with Crippen molar-refractivity contribution in [1.29, 1.82) is 0 Å². The van der Waals surface area contributed by atoms with E-state index in [1.54, 1.807) is 11.3 Å². The highest BCUT2D eigenvalue weighted by molar-refractivity contribution is 7.09. The van der Waals surface area contributed by atoms with Crippen LogP contribution in [-0.2, 0) is 13.2 Å². The summed E-state index contributed by atoms with van der Waals surface area (Å²) in [6, 6.07) is 8.68. The number of aromatic nitrogens is 1. The van der Waals surface area contributed by atoms with Crippen LogP contribution in [0.4, 0.5) is 0 Å². The first-order chi connectivity index (χ1) is 12.6. The second-order valence-electron chi connectivity index (χ2n) is 7.40. The molecular weight excluding hydrogens is 344 g/mol. The Morgan fingerprint density at radius 1 is 1.23 bits per heavy atom. The highest BCUT2D eigenvalue weighted by atomic mass is 32.1. The fourth-order valence-corrected chi connectivity index (χ4v) is 4.30. The molecule has 2 aromatic rings. The van der Waals surface area contributed by atoms with Crippen LogP contribution in [0.15, 0.2) is 29.6 Å². The van der Waals surface area contributed by atoms with Gasteiger partial charge in [0.15, 0.2) is 0 Å². The Morgan fingerprint density at radius 2 is 1.96 bits per heavy atom. The third kappa shape index (κ3) is 5.79. The number of aryl methyl sites for hydroxylation is 1. The number of aliphatic hydroxyl groups is 1. The van der Waals surface area contributed by atoms with E-state index in [0.717, 1.165) is 29.5 Å². The molecule has 4 nitrogen and oxygen atoms in total. The average Bonchev–Trinajstić information content (AvgIpc) is 3.08. The van der Waals surface area contributed by atoms with Gasteiger partial charge in [-0.2, -0.15) is 0 Å². The molecule has 1 fully saturated rings. The zero-order valence-corrected chi connectivity index (χ0v) is 16.7. The summed E-state index contributed by atoms with van der Waals surface area (Å²) in [7, 11) is 0. The summed E-state index contributed by atoms with van der Waals surface area (Å²) >= 11 is 1.65. The molecule has 5 heteroatoms. The van der Waals surface area contributed by atoms with Crippen LogP contribution in [0.3, 0.4) is 0 Å². The van der Waals surface area contributed by atoms with Gasteiger partial charge in [-0.15, -0.1) is 11.3 Å². The van der Waals surface area contributed by atoms with Crippen LogP contribution in [0.5, 0.6) is 5.75 Å². The Kier molecular flexibility index (Phi) is 7.06. The van der Waals surface area contributed by atoms with E-state index in [1.165, 1.54) is 37.7 Å². The van der Waals surface area contributed by atoms with E-state index in [1.807, 2.05) is 19.1 Å². The topological polar surface area (TPSA) is 45.6 Å². The van der Waals surface area contributed by atoms with E-state index in [9.17, 15) is 5.11 Å². The molecule has 1 atom stereocenters. The summed E-state index contributed by atoms with van der Waals surface area (Å²) in [5.74, 6) is 0.880. The molecule has 26 heavy (non-hydrogen) atoms. The number of hydrogen-bond donors (Lipinski definition) is 1. The molecule has 1 heterocycles. The fraction of sp³-hybridized carbons (Fsp3) is 0.571. The summed E-state index contributed by atoms with van der Waals surface area (Å²) in [6.45, 7) is 5.99. The van der Waals surface area contributed by atoms with Crippen molar-refractivity contribution in [3.05, 3.63) is 45.9 Å². The molecule has 0 bridgehead atoms. The van der Waals surface area contributed by atoms with Gasteiger partial charge in [-0.1, -0.05) is 37.0 Å². The van der Waals surface area contributed by atoms with E-state index in [-0.39, 0.29) is 6.10 Å². The number of aliphatic hydroxyl groups excluding tert-OH is 1. The molecular formula is C21H30N2O2S. The predicted molar refractivity (Wildman–Crippen MR) is 107 cm³/mol. The smallest absolute Gasteiger partial charge is 0.140 e. The largest absolute Gasteiger partial charge is 0.486 e. The maximum atomic E-state index is 9.89. The van der Waals surface area contributed by atoms with E-state index in [0.29, 0.717) is 12.6 Å². The lowest BCUT2D eigenvalue weighted by atomic mass is 9.94. The molecule has 0 radical (unpaired) electrons. The lowest BCUT2D eigenvalue weighted by molar-refractivity contribution is 0.0760. The normalized spacial score (nSPS) is 16.8. The van der Waals surface area contributed by atoms with Crippen LogP contribution in [0.2, 0.25) is 0 Å². The summed E-state index contributed by atoms with van der Waals surface area (Å²) < 4.78 is 5.84. The van der Waals surface area contributed by atoms with Gasteiger partial charge < -0.3 is 9.84 Å². The Bertz CT molecular complexity index is 663. The first kappa shape index (κ1) is 19.3. The molecule has 1 aromatic carbocycles. The van der Waals surface area contributed by atoms with Crippen molar-refractivity contribution in [3.63, 3.8) is 0 Å². The zero-order chi connectivity index (χ0) is 18.4. The van der Waals surface area contributed by atoms with Crippen LogP contribution < -0.4 is 4.74 Å². The van der Waals surface area contributed by atoms with Crippen LogP contribution >= 0.6 is 11.3 Å². The van der Waals surface area contributed by atoms with Crippen LogP contribution in [-0.4, -0.2) is 33.7 Å². The third-order valence-electron chi connectivity index (χ3n) is 4.94. The Morgan fingerprint density at radius 3 is 2.65 bits per heavy atom. The van der Waals surface area contributed by atoms with E-state index in [4.69, 9.17) is 9.72 Å². The van der Waals surface area contributed by atoms with Crippen LogP contribution in [0.1, 0.15) is 55.3 Å². The van der Waals surface area contributed by atoms with Crippen molar-refractivity contribution in [2.75, 3.05) is 6.54 Å². The molecule has 1 saturated carbocycles. The summed E-state index contributed by atoms with van der Waals surface area (Å²) in [5.41, 5.74) is 2.32. The van der Waals surface area contributed by atoms with Gasteiger partial charge >= 0.3 is 0 Å². The van der Waals surface area contributed by atoms with Crippen molar-refractivity contribution < 1.29 is 9.84 Å². The van der Waals surface area contributed by atoms with E-state index in [2.05, 4.69) is 29.3 Å². The SMILES string of the molecule is Cc1ccc(OCc2nc(CN(CC(C)O)C3CCCCC3)cs2)cc1. The van der Waals surface area contributed by atoms with Crippen molar-refractivity contribution >= 4 is 11.3 Å². The number of nitrogens with zero attached hydrogens (tertiary/aromatic N) is 2. The quantitative estimate of drug-likeness (QED) is 0.736. The summed E-state index contributed by atoms with van der Waals surface area (Å²) in [5, 5.41) is 13.0. The Balaban J connectivity index is 1.57. The first-order valence-corrected chi connectivity index (χ1v) is 10.5. The van der Waals surface area contributed by atoms with E-state index < -0.39 is 0 Å². The van der Waals surface area contributed by atoms with Gasteiger partial charge in [0.1, 0.15) is 17.4 Å². The molecule has 0 saturated heterocycles. The van der Waals surface area contributed by atoms with Crippen LogP contribution in [0, 0.1) is 6.92 Å². The Hall–Kier alpha value is -1.43. The van der Waals surface area contributed by atoms with Crippen molar-refractivity contribution in [1.82, 2.24) is 9.88 Å². The van der Waals surface area contributed by atoms with Gasteiger partial charge in [-0.25, -0.2) is 4.98 Å². The number of benzene rings is 1. The molecule has 1 aromatic heterocycles. The monoisotopic (exact) mass is 374 g/mol. The van der Waals surface area contributed by atoms with Crippen molar-refractivity contribution in [2.24, 2.45) is 0 Å². The van der Waals surface area contributed by atoms with Gasteiger partial charge in [0.25, 0.3) is 0 Å². The van der Waals surface area contributed by atoms with Gasteiger partial charge in [0, 0.05) is 24.5 Å². The van der Waals surface area contributed by atoms with Crippen molar-refractivity contribution in [3.8, 4) is 5.75 Å². The lowest BCUT2D eigenvalue weighted by Gasteiger charge is -2.34. The molecule has 1 aliphatic rings. The molecule has 1 aliphatic carbocycles. The van der Waals surface area contributed by atoms with Gasteiger partial charge in [0.05, 0.1) is 11.8 Å². The first-order valence-electron chi connectivity index (χ1n) is 9.65.